The molecule has 12 aromatic rings. The minimum absolute atomic E-state index is 0. The monoisotopic (exact) mass is 1590 g/mol. The van der Waals surface area contributed by atoms with Crippen LogP contribution in [0.15, 0.2) is 171 Å². The van der Waals surface area contributed by atoms with Crippen LogP contribution in [0.1, 0.15) is 96.3 Å². The molecule has 0 amide bonds. The first kappa shape index (κ1) is 87.4. The molecule has 0 unspecified atom stereocenters. The van der Waals surface area contributed by atoms with Gasteiger partial charge in [0.05, 0.1) is 139 Å². The second-order valence-electron chi connectivity index (χ2n) is 28.0. The number of fused-ring (bicyclic) bond motifs is 4. The van der Waals surface area contributed by atoms with E-state index in [-0.39, 0.29) is 81.8 Å². The molecular weight excluding hydrogens is 1510 g/mol. The van der Waals surface area contributed by atoms with Crippen LogP contribution in [0.5, 0.6) is 0 Å². The highest BCUT2D eigenvalue weighted by molar-refractivity contribution is 6.33. The number of carbonyl (C=O) groups is 4. The van der Waals surface area contributed by atoms with Gasteiger partial charge in [-0.2, -0.15) is 39.5 Å². The van der Waals surface area contributed by atoms with E-state index < -0.39 is 92.0 Å². The number of aryl methyl sites for hydroxylation is 4. The molecule has 4 heterocycles. The van der Waals surface area contributed by atoms with Crippen LogP contribution in [0.25, 0.3) is 63.5 Å². The van der Waals surface area contributed by atoms with Gasteiger partial charge in [0.15, 0.2) is 40.2 Å². The number of alkyl halides is 9. The Bertz CT molecular complexity index is 5640. The summed E-state index contributed by atoms with van der Waals surface area (Å²) in [5.41, 5.74) is -0.473. The highest BCUT2D eigenvalue weighted by atomic mass is 35.5. The number of para-hydroxylation sites is 4. The minimum Gasteiger partial charge on any atom is -0.380 e. The van der Waals surface area contributed by atoms with E-state index in [2.05, 4.69) is 39.3 Å². The number of halogens is 10. The molecule has 0 aliphatic carbocycles. The Morgan fingerprint density at radius 1 is 0.377 bits per heavy atom. The number of carbonyl (C=O) groups excluding carboxylic acids is 4. The van der Waals surface area contributed by atoms with Crippen LogP contribution in [-0.4, -0.2) is 104 Å². The number of benzene rings is 8. The Labute approximate surface area is 654 Å². The first-order valence-electron chi connectivity index (χ1n) is 34.4. The molecule has 0 radical (unpaired) electrons. The third-order valence-corrected chi connectivity index (χ3v) is 19.1. The predicted molar refractivity (Wildman–Crippen MR) is 413 cm³/mol. The molecule has 0 aliphatic rings. The van der Waals surface area contributed by atoms with Gasteiger partial charge in [-0.25, -0.2) is 39.3 Å². The normalized spacial score (nSPS) is 13.6. The Morgan fingerprint density at radius 3 is 0.930 bits per heavy atom. The van der Waals surface area contributed by atoms with Crippen LogP contribution in [-0.2, 0) is 89.6 Å². The van der Waals surface area contributed by atoms with Crippen LogP contribution in [0.2, 0.25) is 5.02 Å². The quantitative estimate of drug-likeness (QED) is 0.0412. The first-order valence-corrected chi connectivity index (χ1v) is 34.8. The van der Waals surface area contributed by atoms with E-state index in [0.717, 1.165) is 103 Å². The molecule has 4 aromatic heterocycles. The van der Waals surface area contributed by atoms with Crippen molar-refractivity contribution in [3.8, 4) is 0 Å². The molecule has 4 N–H and O–H groups in total. The Balaban J connectivity index is 0.000000190. The second kappa shape index (κ2) is 34.8. The summed E-state index contributed by atoms with van der Waals surface area (Å²) in [4.78, 5) is 79.8. The molecule has 590 valence electrons. The van der Waals surface area contributed by atoms with Crippen molar-refractivity contribution < 1.29 is 79.1 Å². The van der Waals surface area contributed by atoms with Crippen LogP contribution < -0.4 is 0 Å². The number of imidazole rings is 4. The third-order valence-electron chi connectivity index (χ3n) is 18.8. The summed E-state index contributed by atoms with van der Waals surface area (Å²) in [7, 11) is 0. The Hall–Kier alpha value is -12.2. The third kappa shape index (κ3) is 20.5. The van der Waals surface area contributed by atoms with E-state index in [9.17, 15) is 79.1 Å². The molecule has 8 aromatic carbocycles. The van der Waals surface area contributed by atoms with Gasteiger partial charge in [0.25, 0.3) is 0 Å². The fraction of sp³-hybridized carbons (Fsp3) is 0.286. The second-order valence-corrected chi connectivity index (χ2v) is 28.4. The lowest BCUT2D eigenvalue weighted by Gasteiger charge is -2.23. The summed E-state index contributed by atoms with van der Waals surface area (Å²) in [6.07, 6.45) is -9.03. The number of Topliss-reactive ketones (excluding diaryl/α,β-unsaturated/α-hetero) is 4. The zero-order valence-electron chi connectivity index (χ0n) is 61.9. The fourth-order valence-electron chi connectivity index (χ4n) is 12.5. The standard InChI is InChI=1S/3C21H18F3N3O2.C20H18ClN3O2.CH4/c2*1-13-5-4-6-17-19(13)26-12-27(17)11-20(2,29)18(28)10-14-7-8-16(25-3)15(9-14)21(22,23)24;1-13-5-4-6-17-19(13)27(12-26-17)11-20(2,29)18(28)10-14-7-8-16(25-3)15(9-14)21(22,23)24;1-13-5-4-6-17-19(13)23-12-24(17)11-20(2,26)18(25)10-14-7-8-16(22-3)15(21)9-14;/h3*4-9,12,29H,10-11H2,1-2H3;4-9,12,26H,10-11H2,1-2H3;1H4/t4*20-;/m0000./s1. The maximum Gasteiger partial charge on any atom is 0.407 e. The maximum atomic E-state index is 13.1. The van der Waals surface area contributed by atoms with Crippen molar-refractivity contribution in [2.45, 2.75) is 156 Å². The fourth-order valence-corrected chi connectivity index (χ4v) is 12.7. The van der Waals surface area contributed by atoms with Gasteiger partial charge in [0.1, 0.15) is 22.4 Å². The van der Waals surface area contributed by atoms with Crippen molar-refractivity contribution in [2.24, 2.45) is 0 Å². The lowest BCUT2D eigenvalue weighted by molar-refractivity contribution is -0.138. The molecule has 20 nitrogen and oxygen atoms in total. The lowest BCUT2D eigenvalue weighted by atomic mass is 9.93. The molecule has 12 rings (SSSR count). The molecule has 0 fully saturated rings. The van der Waals surface area contributed by atoms with Crippen LogP contribution in [0.3, 0.4) is 0 Å². The van der Waals surface area contributed by atoms with Gasteiger partial charge in [-0.15, -0.1) is 0 Å². The smallest absolute Gasteiger partial charge is 0.380 e. The SMILES string of the molecule is C.[C-]#[N+]c1ccc(CC(=O)[C@@](C)(O)Cn2cnc3c(C)cccc32)cc1C(F)(F)F.[C-]#[N+]c1ccc(CC(=O)[C@@](C)(O)Cn2cnc3c(C)cccc32)cc1C(F)(F)F.[C-]#[N+]c1ccc(CC(=O)[C@@](C)(O)Cn2cnc3c(C)cccc32)cc1Cl.[C-]#[N+]c1ccc(CC(=O)[C@@](C)(O)Cn2cnc3cccc(C)c32)cc1C(F)(F)F. The van der Waals surface area contributed by atoms with E-state index >= 15 is 0 Å². The zero-order valence-corrected chi connectivity index (χ0v) is 62.6. The first-order chi connectivity index (χ1) is 52.9. The molecule has 0 aliphatic heterocycles. The summed E-state index contributed by atoms with van der Waals surface area (Å²) in [6, 6.07) is 36.7. The van der Waals surface area contributed by atoms with E-state index in [1.165, 1.54) is 64.9 Å². The Kier molecular flexibility index (Phi) is 26.7. The maximum absolute atomic E-state index is 13.1. The van der Waals surface area contributed by atoms with E-state index in [0.29, 0.717) is 16.3 Å². The molecule has 30 heteroatoms. The Morgan fingerprint density at radius 2 is 0.640 bits per heavy atom. The predicted octanol–water partition coefficient (Wildman–Crippen LogP) is 18.2. The minimum atomic E-state index is -4.70. The zero-order chi connectivity index (χ0) is 83.1. The van der Waals surface area contributed by atoms with Crippen molar-refractivity contribution >= 4 is 102 Å². The van der Waals surface area contributed by atoms with Crippen LogP contribution in [0, 0.1) is 54.0 Å². The number of nitrogens with zero attached hydrogens (tertiary/aromatic N) is 12. The van der Waals surface area contributed by atoms with Crippen molar-refractivity contribution in [3.05, 3.63) is 283 Å². The number of rotatable bonds is 20. The summed E-state index contributed by atoms with van der Waals surface area (Å²) in [6.45, 7) is 40.6. The summed E-state index contributed by atoms with van der Waals surface area (Å²) < 4.78 is 125. The van der Waals surface area contributed by atoms with Gasteiger partial charge < -0.3 is 38.7 Å². The molecule has 0 spiro atoms. The number of hydrogen-bond acceptors (Lipinski definition) is 12. The average molecular weight is 1590 g/mol. The summed E-state index contributed by atoms with van der Waals surface area (Å²) in [5.74, 6) is -2.21. The van der Waals surface area contributed by atoms with E-state index in [1.807, 2.05) is 100 Å². The lowest BCUT2D eigenvalue weighted by Crippen LogP contribution is -2.40. The molecule has 114 heavy (non-hydrogen) atoms. The molecule has 0 bridgehead atoms. The summed E-state index contributed by atoms with van der Waals surface area (Å²) in [5, 5.41) is 43.2. The largest absolute Gasteiger partial charge is 0.407 e. The topological polar surface area (TPSA) is 238 Å². The highest BCUT2D eigenvalue weighted by Crippen LogP contribution is 2.41. The van der Waals surface area contributed by atoms with Gasteiger partial charge in [-0.1, -0.05) is 140 Å². The van der Waals surface area contributed by atoms with Crippen molar-refractivity contribution in [2.75, 3.05) is 0 Å². The summed E-state index contributed by atoms with van der Waals surface area (Å²) >= 11 is 6.02. The molecule has 4 atom stereocenters. The van der Waals surface area contributed by atoms with Crippen molar-refractivity contribution in [1.29, 1.82) is 0 Å². The number of ketones is 4. The van der Waals surface area contributed by atoms with Gasteiger partial charge in [-0.05, 0) is 124 Å². The molecular formula is C84H76ClF9N12O8. The van der Waals surface area contributed by atoms with Gasteiger partial charge in [0, 0.05) is 30.7 Å². The highest BCUT2D eigenvalue weighted by Gasteiger charge is 2.40. The molecule has 0 saturated carbocycles. The van der Waals surface area contributed by atoms with E-state index in [4.69, 9.17) is 37.9 Å². The molecule has 0 saturated heterocycles. The van der Waals surface area contributed by atoms with Gasteiger partial charge in [-0.3, -0.25) is 19.2 Å². The van der Waals surface area contributed by atoms with Gasteiger partial charge >= 0.3 is 18.5 Å². The van der Waals surface area contributed by atoms with Crippen molar-refractivity contribution in [3.63, 3.8) is 0 Å². The van der Waals surface area contributed by atoms with Gasteiger partial charge in [0.2, 0.25) is 5.69 Å². The van der Waals surface area contributed by atoms with E-state index in [1.54, 1.807) is 42.8 Å². The van der Waals surface area contributed by atoms with Crippen LogP contribution >= 0.6 is 11.6 Å². The van der Waals surface area contributed by atoms with Crippen molar-refractivity contribution in [1.82, 2.24) is 38.2 Å². The number of aromatic nitrogens is 8. The number of hydrogen-bond donors (Lipinski definition) is 4. The van der Waals surface area contributed by atoms with Crippen LogP contribution in [0.4, 0.5) is 62.3 Å². The average Bonchev–Trinajstić information content (AvgIpc) is 1.60. The number of aliphatic hydroxyl groups is 4.